The fourth-order valence-corrected chi connectivity index (χ4v) is 2.57. The average Bonchev–Trinajstić information content (AvgIpc) is 2.35. The van der Waals surface area contributed by atoms with Gasteiger partial charge < -0.3 is 15.4 Å². The van der Waals surface area contributed by atoms with Gasteiger partial charge in [-0.1, -0.05) is 11.6 Å². The summed E-state index contributed by atoms with van der Waals surface area (Å²) in [6.07, 6.45) is 2.08. The molecule has 1 aliphatic heterocycles. The maximum atomic E-state index is 13.5. The van der Waals surface area contributed by atoms with Gasteiger partial charge in [0, 0.05) is 32.9 Å². The highest BCUT2D eigenvalue weighted by molar-refractivity contribution is 6.31. The molecule has 0 aliphatic carbocycles. The van der Waals surface area contributed by atoms with Crippen molar-refractivity contribution in [3.8, 4) is 0 Å². The summed E-state index contributed by atoms with van der Waals surface area (Å²) >= 11 is 5.70. The zero-order valence-corrected chi connectivity index (χ0v) is 11.2. The van der Waals surface area contributed by atoms with E-state index in [9.17, 15) is 4.39 Å². The van der Waals surface area contributed by atoms with Crippen molar-refractivity contribution in [2.45, 2.75) is 12.8 Å². The van der Waals surface area contributed by atoms with Gasteiger partial charge in [-0.2, -0.15) is 0 Å². The maximum Gasteiger partial charge on any atom is 0.144 e. The van der Waals surface area contributed by atoms with Crippen LogP contribution in [0.1, 0.15) is 12.8 Å². The minimum Gasteiger partial charge on any atom is -0.397 e. The molecule has 0 unspecified atom stereocenters. The number of benzene rings is 1. The molecule has 0 saturated carbocycles. The van der Waals surface area contributed by atoms with Crippen molar-refractivity contribution in [1.29, 1.82) is 0 Å². The molecule has 0 amide bonds. The lowest BCUT2D eigenvalue weighted by Gasteiger charge is -2.34. The quantitative estimate of drug-likeness (QED) is 0.860. The van der Waals surface area contributed by atoms with Gasteiger partial charge in [0.05, 0.1) is 16.4 Å². The summed E-state index contributed by atoms with van der Waals surface area (Å²) < 4.78 is 18.6. The Hall–Kier alpha value is -1.00. The summed E-state index contributed by atoms with van der Waals surface area (Å²) in [7, 11) is 1.72. The van der Waals surface area contributed by atoms with Crippen LogP contribution in [0.2, 0.25) is 5.02 Å². The first-order valence-corrected chi connectivity index (χ1v) is 6.48. The minimum atomic E-state index is -0.417. The standard InChI is InChI=1S/C13H18ClFN2O/c1-18-8-9-2-4-17(5-3-9)13-7-11(15)10(14)6-12(13)16/h6-7,9H,2-5,8,16H2,1H3. The van der Waals surface area contributed by atoms with Crippen molar-refractivity contribution >= 4 is 23.0 Å². The Labute approximate surface area is 112 Å². The van der Waals surface area contributed by atoms with E-state index < -0.39 is 5.82 Å². The van der Waals surface area contributed by atoms with Crippen LogP contribution < -0.4 is 10.6 Å². The first kappa shape index (κ1) is 13.4. The van der Waals surface area contributed by atoms with Gasteiger partial charge in [-0.3, -0.25) is 0 Å². The van der Waals surface area contributed by atoms with Gasteiger partial charge in [-0.15, -0.1) is 0 Å². The highest BCUT2D eigenvalue weighted by Crippen LogP contribution is 2.32. The second-order valence-corrected chi connectivity index (χ2v) is 5.12. The number of nitrogens with two attached hydrogens (primary N) is 1. The summed E-state index contributed by atoms with van der Waals surface area (Å²) in [5.74, 6) is 0.171. The lowest BCUT2D eigenvalue weighted by Crippen LogP contribution is -2.35. The molecular weight excluding hydrogens is 255 g/mol. The number of piperidine rings is 1. The van der Waals surface area contributed by atoms with Crippen LogP contribution in [0.4, 0.5) is 15.8 Å². The molecule has 1 aliphatic rings. The molecule has 1 saturated heterocycles. The third-order valence-electron chi connectivity index (χ3n) is 3.43. The van der Waals surface area contributed by atoms with Crippen LogP contribution in [0, 0.1) is 11.7 Å². The SMILES string of the molecule is COCC1CCN(c2cc(F)c(Cl)cc2N)CC1. The van der Waals surface area contributed by atoms with Crippen molar-refractivity contribution in [3.05, 3.63) is 23.0 Å². The van der Waals surface area contributed by atoms with Gasteiger partial charge in [-0.25, -0.2) is 4.39 Å². The van der Waals surface area contributed by atoms with Crippen molar-refractivity contribution in [2.75, 3.05) is 37.4 Å². The van der Waals surface area contributed by atoms with E-state index in [4.69, 9.17) is 22.1 Å². The zero-order chi connectivity index (χ0) is 13.1. The smallest absolute Gasteiger partial charge is 0.144 e. The first-order chi connectivity index (χ1) is 8.61. The number of hydrogen-bond acceptors (Lipinski definition) is 3. The van der Waals surface area contributed by atoms with Gasteiger partial charge in [0.1, 0.15) is 5.82 Å². The van der Waals surface area contributed by atoms with Crippen molar-refractivity contribution in [1.82, 2.24) is 0 Å². The number of nitrogens with zero attached hydrogens (tertiary/aromatic N) is 1. The number of ether oxygens (including phenoxy) is 1. The van der Waals surface area contributed by atoms with Crippen LogP contribution in [0.25, 0.3) is 0 Å². The third-order valence-corrected chi connectivity index (χ3v) is 3.72. The molecule has 2 N–H and O–H groups in total. The van der Waals surface area contributed by atoms with Crippen LogP contribution in [-0.4, -0.2) is 26.8 Å². The van der Waals surface area contributed by atoms with Gasteiger partial charge in [-0.05, 0) is 24.8 Å². The molecule has 0 atom stereocenters. The largest absolute Gasteiger partial charge is 0.397 e. The molecule has 0 radical (unpaired) electrons. The van der Waals surface area contributed by atoms with Crippen LogP contribution in [-0.2, 0) is 4.74 Å². The molecule has 1 heterocycles. The number of halogens is 2. The molecular formula is C13H18ClFN2O. The molecule has 18 heavy (non-hydrogen) atoms. The fourth-order valence-electron chi connectivity index (χ4n) is 2.40. The van der Waals surface area contributed by atoms with Gasteiger partial charge in [0.2, 0.25) is 0 Å². The number of hydrogen-bond donors (Lipinski definition) is 1. The Morgan fingerprint density at radius 1 is 1.44 bits per heavy atom. The summed E-state index contributed by atoms with van der Waals surface area (Å²) in [6.45, 7) is 2.54. The van der Waals surface area contributed by atoms with Crippen LogP contribution in [0.5, 0.6) is 0 Å². The molecule has 0 spiro atoms. The van der Waals surface area contributed by atoms with Crippen LogP contribution in [0.15, 0.2) is 12.1 Å². The lowest BCUT2D eigenvalue weighted by atomic mass is 9.97. The predicted octanol–water partition coefficient (Wildman–Crippen LogP) is 2.92. The molecule has 0 aromatic heterocycles. The van der Waals surface area contributed by atoms with Crippen molar-refractivity contribution in [2.24, 2.45) is 5.92 Å². The number of nitrogen functional groups attached to an aromatic ring is 1. The van der Waals surface area contributed by atoms with E-state index in [1.807, 2.05) is 0 Å². The van der Waals surface area contributed by atoms with E-state index in [1.165, 1.54) is 12.1 Å². The van der Waals surface area contributed by atoms with E-state index in [-0.39, 0.29) is 5.02 Å². The fraction of sp³-hybridized carbons (Fsp3) is 0.538. The normalized spacial score (nSPS) is 17.2. The Balaban J connectivity index is 2.07. The summed E-state index contributed by atoms with van der Waals surface area (Å²) in [5, 5.41) is 0.0746. The van der Waals surface area contributed by atoms with E-state index in [1.54, 1.807) is 7.11 Å². The highest BCUT2D eigenvalue weighted by atomic mass is 35.5. The van der Waals surface area contributed by atoms with E-state index in [0.717, 1.165) is 38.2 Å². The van der Waals surface area contributed by atoms with Crippen molar-refractivity contribution < 1.29 is 9.13 Å². The average molecular weight is 273 g/mol. The van der Waals surface area contributed by atoms with Gasteiger partial charge in [0.15, 0.2) is 0 Å². The summed E-state index contributed by atoms with van der Waals surface area (Å²) in [5.41, 5.74) is 7.17. The summed E-state index contributed by atoms with van der Waals surface area (Å²) in [4.78, 5) is 2.11. The maximum absolute atomic E-state index is 13.5. The number of anilines is 2. The molecule has 5 heteroatoms. The molecule has 2 rings (SSSR count). The predicted molar refractivity (Wildman–Crippen MR) is 72.6 cm³/mol. The molecule has 100 valence electrons. The molecule has 0 bridgehead atoms. The Bertz CT molecular complexity index is 420. The second-order valence-electron chi connectivity index (χ2n) is 4.71. The van der Waals surface area contributed by atoms with Crippen molar-refractivity contribution in [3.63, 3.8) is 0 Å². The number of methoxy groups -OCH3 is 1. The zero-order valence-electron chi connectivity index (χ0n) is 10.5. The van der Waals surface area contributed by atoms with E-state index in [0.29, 0.717) is 11.6 Å². The Morgan fingerprint density at radius 2 is 2.11 bits per heavy atom. The van der Waals surface area contributed by atoms with E-state index in [2.05, 4.69) is 4.90 Å². The van der Waals surface area contributed by atoms with Crippen LogP contribution >= 0.6 is 11.6 Å². The Kier molecular flexibility index (Phi) is 4.30. The highest BCUT2D eigenvalue weighted by Gasteiger charge is 2.21. The summed E-state index contributed by atoms with van der Waals surface area (Å²) in [6, 6.07) is 2.90. The van der Waals surface area contributed by atoms with Gasteiger partial charge in [0.25, 0.3) is 0 Å². The first-order valence-electron chi connectivity index (χ1n) is 6.10. The molecule has 1 aromatic carbocycles. The number of rotatable bonds is 3. The molecule has 3 nitrogen and oxygen atoms in total. The Morgan fingerprint density at radius 3 is 2.72 bits per heavy atom. The topological polar surface area (TPSA) is 38.5 Å². The minimum absolute atomic E-state index is 0.0746. The van der Waals surface area contributed by atoms with Gasteiger partial charge >= 0.3 is 0 Å². The third kappa shape index (κ3) is 2.87. The lowest BCUT2D eigenvalue weighted by molar-refractivity contribution is 0.139. The molecule has 1 aromatic rings. The molecule has 1 fully saturated rings. The van der Waals surface area contributed by atoms with Crippen LogP contribution in [0.3, 0.4) is 0 Å². The van der Waals surface area contributed by atoms with E-state index >= 15 is 0 Å². The monoisotopic (exact) mass is 272 g/mol. The second kappa shape index (κ2) is 5.76.